The molecular weight excluding hydrogens is 354 g/mol. The summed E-state index contributed by atoms with van der Waals surface area (Å²) in [6.07, 6.45) is 16.9. The van der Waals surface area contributed by atoms with Gasteiger partial charge in [-0.3, -0.25) is 9.59 Å². The normalized spacial score (nSPS) is 14.3. The van der Waals surface area contributed by atoms with Crippen molar-refractivity contribution in [3.05, 3.63) is 12.2 Å². The Morgan fingerprint density at radius 3 is 1.86 bits per heavy atom. The van der Waals surface area contributed by atoms with E-state index in [4.69, 9.17) is 5.11 Å². The van der Waals surface area contributed by atoms with Gasteiger partial charge in [-0.15, -0.1) is 0 Å². The van der Waals surface area contributed by atoms with Gasteiger partial charge in [-0.25, -0.2) is 0 Å². The van der Waals surface area contributed by atoms with E-state index in [2.05, 4.69) is 19.1 Å². The molecule has 0 fully saturated rings. The number of carbonyl (C=O) groups excluding carboxylic acids is 1. The maximum Gasteiger partial charge on any atom is 0.306 e. The van der Waals surface area contributed by atoms with Gasteiger partial charge in [0.1, 0.15) is 6.54 Å². The molecule has 5 nitrogen and oxygen atoms in total. The minimum Gasteiger partial charge on any atom is -0.481 e. The number of rotatable bonds is 18. The molecule has 5 heteroatoms. The zero-order valence-electron chi connectivity index (χ0n) is 18.7. The summed E-state index contributed by atoms with van der Waals surface area (Å²) in [5.41, 5.74) is -1.77. The summed E-state index contributed by atoms with van der Waals surface area (Å²) in [5, 5.41) is 19.7. The van der Waals surface area contributed by atoms with E-state index in [0.717, 1.165) is 25.7 Å². The number of aliphatic carboxylic acids is 1. The largest absolute Gasteiger partial charge is 0.481 e. The highest BCUT2D eigenvalue weighted by Crippen LogP contribution is 2.20. The second-order valence-corrected chi connectivity index (χ2v) is 9.10. The van der Waals surface area contributed by atoms with E-state index in [-0.39, 0.29) is 18.7 Å². The molecule has 0 aliphatic rings. The number of aliphatic hydroxyl groups is 1. The highest BCUT2D eigenvalue weighted by atomic mass is 16.4. The number of carboxylic acids is 1. The zero-order chi connectivity index (χ0) is 21.5. The first kappa shape index (κ1) is 26.8. The molecule has 0 aromatic heterocycles. The second kappa shape index (κ2) is 14.7. The molecule has 0 aliphatic carbocycles. The van der Waals surface area contributed by atoms with Gasteiger partial charge in [0, 0.05) is 6.42 Å². The van der Waals surface area contributed by atoms with E-state index in [1.165, 1.54) is 38.5 Å². The van der Waals surface area contributed by atoms with Crippen molar-refractivity contribution < 1.29 is 24.3 Å². The van der Waals surface area contributed by atoms with Crippen LogP contribution in [0.25, 0.3) is 0 Å². The van der Waals surface area contributed by atoms with Gasteiger partial charge in [0.15, 0.2) is 11.4 Å². The minimum absolute atomic E-state index is 0.114. The molecule has 0 spiro atoms. The fourth-order valence-corrected chi connectivity index (χ4v) is 3.51. The van der Waals surface area contributed by atoms with Crippen molar-refractivity contribution in [2.75, 3.05) is 27.7 Å². The van der Waals surface area contributed by atoms with E-state index in [0.29, 0.717) is 10.9 Å². The maximum atomic E-state index is 12.4. The first-order chi connectivity index (χ1) is 13.1. The number of ketones is 1. The maximum absolute atomic E-state index is 12.4. The Labute approximate surface area is 172 Å². The molecule has 0 heterocycles. The number of unbranched alkanes of at least 4 members (excludes halogenated alkanes) is 9. The number of Topliss-reactive ketones (excluding diaryl/α,β-unsaturated/α-hetero) is 1. The van der Waals surface area contributed by atoms with Crippen molar-refractivity contribution in [3.8, 4) is 0 Å². The van der Waals surface area contributed by atoms with Crippen molar-refractivity contribution in [2.24, 2.45) is 0 Å². The molecule has 0 aromatic rings. The minimum atomic E-state index is -1.77. The van der Waals surface area contributed by atoms with Gasteiger partial charge in [-0.1, -0.05) is 57.6 Å². The molecule has 0 bridgehead atoms. The lowest BCUT2D eigenvalue weighted by Crippen LogP contribution is -2.54. The van der Waals surface area contributed by atoms with E-state index in [1.54, 1.807) is 0 Å². The summed E-state index contributed by atoms with van der Waals surface area (Å²) in [4.78, 5) is 23.5. The highest BCUT2D eigenvalue weighted by molar-refractivity contribution is 5.90. The summed E-state index contributed by atoms with van der Waals surface area (Å²) >= 11 is 0. The summed E-state index contributed by atoms with van der Waals surface area (Å²) in [7, 11) is 5.54. The number of nitrogens with zero attached hydrogens (tertiary/aromatic N) is 1. The SMILES string of the molecule is CCCCCCC=CCCCCCCCC(=O)C(O)(CC(=O)O)C[N+](C)(C)C. The van der Waals surface area contributed by atoms with Gasteiger partial charge in [-0.2, -0.15) is 0 Å². The van der Waals surface area contributed by atoms with Crippen LogP contribution in [0.2, 0.25) is 0 Å². The molecular formula is C23H44NO4+. The third-order valence-corrected chi connectivity index (χ3v) is 4.86. The van der Waals surface area contributed by atoms with Crippen LogP contribution in [0.4, 0.5) is 0 Å². The second-order valence-electron chi connectivity index (χ2n) is 9.10. The Morgan fingerprint density at radius 1 is 0.857 bits per heavy atom. The van der Waals surface area contributed by atoms with Gasteiger partial charge in [0.25, 0.3) is 0 Å². The number of likely N-dealkylation sites (N-methyl/N-ethyl adjacent to an activating group) is 1. The van der Waals surface area contributed by atoms with E-state index in [1.807, 2.05) is 21.1 Å². The van der Waals surface area contributed by atoms with Gasteiger partial charge >= 0.3 is 5.97 Å². The fourth-order valence-electron chi connectivity index (χ4n) is 3.51. The summed E-state index contributed by atoms with van der Waals surface area (Å²) in [6, 6.07) is 0. The van der Waals surface area contributed by atoms with Gasteiger partial charge in [-0.05, 0) is 32.1 Å². The Morgan fingerprint density at radius 2 is 1.36 bits per heavy atom. The molecule has 0 radical (unpaired) electrons. The molecule has 0 aliphatic heterocycles. The van der Waals surface area contributed by atoms with Crippen LogP contribution in [0.1, 0.15) is 90.4 Å². The molecule has 28 heavy (non-hydrogen) atoms. The average molecular weight is 399 g/mol. The predicted molar refractivity (Wildman–Crippen MR) is 115 cm³/mol. The van der Waals surface area contributed by atoms with E-state index < -0.39 is 18.0 Å². The highest BCUT2D eigenvalue weighted by Gasteiger charge is 2.42. The predicted octanol–water partition coefficient (Wildman–Crippen LogP) is 4.72. The Bertz CT molecular complexity index is 468. The smallest absolute Gasteiger partial charge is 0.306 e. The Balaban J connectivity index is 3.94. The van der Waals surface area contributed by atoms with Gasteiger partial charge < -0.3 is 14.7 Å². The van der Waals surface area contributed by atoms with Crippen LogP contribution in [0.5, 0.6) is 0 Å². The van der Waals surface area contributed by atoms with Crippen LogP contribution in [0, 0.1) is 0 Å². The molecule has 1 unspecified atom stereocenters. The number of quaternary nitrogens is 1. The van der Waals surface area contributed by atoms with Crippen LogP contribution >= 0.6 is 0 Å². The molecule has 1 atom stereocenters. The summed E-state index contributed by atoms with van der Waals surface area (Å²) in [5.74, 6) is -1.48. The molecule has 0 aromatic carbocycles. The topological polar surface area (TPSA) is 74.6 Å². The molecule has 2 N–H and O–H groups in total. The lowest BCUT2D eigenvalue weighted by Gasteiger charge is -2.33. The standard InChI is InChI=1S/C23H43NO4/c1-5-6-7-8-9-10-11-12-13-14-15-16-17-18-21(25)23(28,19-22(26)27)20-24(2,3)4/h10-11,28H,5-9,12-20H2,1-4H3/p+1. The fraction of sp³-hybridized carbons (Fsp3) is 0.826. The van der Waals surface area contributed by atoms with Crippen LogP contribution in [0.15, 0.2) is 12.2 Å². The van der Waals surface area contributed by atoms with Crippen LogP contribution < -0.4 is 0 Å². The average Bonchev–Trinajstić information content (AvgIpc) is 2.56. The third kappa shape index (κ3) is 14.8. The Kier molecular flexibility index (Phi) is 14.1. The molecule has 0 rings (SSSR count). The molecule has 0 saturated heterocycles. The van der Waals surface area contributed by atoms with Crippen LogP contribution in [-0.4, -0.2) is 59.7 Å². The van der Waals surface area contributed by atoms with Gasteiger partial charge in [0.05, 0.1) is 27.6 Å². The number of hydrogen-bond donors (Lipinski definition) is 2. The van der Waals surface area contributed by atoms with Crippen molar-refractivity contribution in [3.63, 3.8) is 0 Å². The van der Waals surface area contributed by atoms with Gasteiger partial charge in [0.2, 0.25) is 0 Å². The number of carbonyl (C=O) groups is 2. The van der Waals surface area contributed by atoms with Crippen molar-refractivity contribution >= 4 is 11.8 Å². The van der Waals surface area contributed by atoms with Crippen molar-refractivity contribution in [1.82, 2.24) is 0 Å². The van der Waals surface area contributed by atoms with Crippen LogP contribution in [-0.2, 0) is 9.59 Å². The molecule has 164 valence electrons. The number of carboxylic acid groups (broad SMARTS) is 1. The quantitative estimate of drug-likeness (QED) is 0.199. The number of hydrogen-bond acceptors (Lipinski definition) is 3. The lowest BCUT2D eigenvalue weighted by atomic mass is 9.89. The van der Waals surface area contributed by atoms with Crippen molar-refractivity contribution in [2.45, 2.75) is 96.0 Å². The summed E-state index contributed by atoms with van der Waals surface area (Å²) in [6.45, 7) is 2.34. The number of allylic oxidation sites excluding steroid dienone is 2. The first-order valence-corrected chi connectivity index (χ1v) is 11.0. The lowest BCUT2D eigenvalue weighted by molar-refractivity contribution is -0.875. The first-order valence-electron chi connectivity index (χ1n) is 11.0. The zero-order valence-corrected chi connectivity index (χ0v) is 18.7. The van der Waals surface area contributed by atoms with E-state index in [9.17, 15) is 14.7 Å². The molecule has 0 saturated carbocycles. The monoisotopic (exact) mass is 398 g/mol. The van der Waals surface area contributed by atoms with E-state index >= 15 is 0 Å². The Hall–Kier alpha value is -1.20. The third-order valence-electron chi connectivity index (χ3n) is 4.86. The summed E-state index contributed by atoms with van der Waals surface area (Å²) < 4.78 is 0.349. The van der Waals surface area contributed by atoms with Crippen LogP contribution in [0.3, 0.4) is 0 Å². The van der Waals surface area contributed by atoms with Crippen molar-refractivity contribution in [1.29, 1.82) is 0 Å². The molecule has 0 amide bonds.